The van der Waals surface area contributed by atoms with E-state index in [2.05, 4.69) is 9.72 Å². The first kappa shape index (κ1) is 9.39. The van der Waals surface area contributed by atoms with Gasteiger partial charge >= 0.3 is 0 Å². The van der Waals surface area contributed by atoms with Gasteiger partial charge in [-0.15, -0.1) is 0 Å². The van der Waals surface area contributed by atoms with Crippen LogP contribution in [0.4, 0.5) is 8.78 Å². The first-order valence-electron chi connectivity index (χ1n) is 3.41. The van der Waals surface area contributed by atoms with Gasteiger partial charge in [0.1, 0.15) is 6.07 Å². The van der Waals surface area contributed by atoms with Crippen LogP contribution in [0, 0.1) is 11.3 Å². The van der Waals surface area contributed by atoms with Gasteiger partial charge in [-0.3, -0.25) is 0 Å². The van der Waals surface area contributed by atoms with Crippen molar-refractivity contribution in [1.29, 1.82) is 5.26 Å². The number of methoxy groups -OCH3 is 1. The van der Waals surface area contributed by atoms with Gasteiger partial charge in [-0.2, -0.15) is 5.26 Å². The topological polar surface area (TPSA) is 45.9 Å². The Bertz CT molecular complexity index is 346. The Balaban J connectivity index is 3.20. The molecule has 5 heteroatoms. The standard InChI is InChI=1S/C8H6F2N2O/c1-13-8-6(7(9)10)2-5(3-11)4-12-8/h2,4,7H,1H3. The van der Waals surface area contributed by atoms with Crippen LogP contribution in [0.2, 0.25) is 0 Å². The number of nitriles is 1. The smallest absolute Gasteiger partial charge is 0.269 e. The SMILES string of the molecule is COc1ncc(C#N)cc1C(F)F. The fourth-order valence-corrected chi connectivity index (χ4v) is 0.857. The maximum Gasteiger partial charge on any atom is 0.269 e. The fourth-order valence-electron chi connectivity index (χ4n) is 0.857. The van der Waals surface area contributed by atoms with Crippen molar-refractivity contribution in [3.05, 3.63) is 23.4 Å². The summed E-state index contributed by atoms with van der Waals surface area (Å²) in [4.78, 5) is 3.56. The highest BCUT2D eigenvalue weighted by Crippen LogP contribution is 2.27. The first-order valence-corrected chi connectivity index (χ1v) is 3.41. The number of rotatable bonds is 2. The number of pyridine rings is 1. The molecule has 1 rings (SSSR count). The second-order valence-corrected chi connectivity index (χ2v) is 2.23. The van der Waals surface area contributed by atoms with E-state index < -0.39 is 6.43 Å². The van der Waals surface area contributed by atoms with Crippen molar-refractivity contribution in [3.63, 3.8) is 0 Å². The largest absolute Gasteiger partial charge is 0.481 e. The van der Waals surface area contributed by atoms with Gasteiger partial charge in [0.2, 0.25) is 5.88 Å². The summed E-state index contributed by atoms with van der Waals surface area (Å²) in [6, 6.07) is 2.79. The number of nitrogens with zero attached hydrogens (tertiary/aromatic N) is 2. The van der Waals surface area contributed by atoms with E-state index in [0.29, 0.717) is 0 Å². The molecule has 0 N–H and O–H groups in total. The van der Waals surface area contributed by atoms with E-state index in [-0.39, 0.29) is 17.0 Å². The summed E-state index contributed by atoms with van der Waals surface area (Å²) in [5.74, 6) is -0.144. The maximum absolute atomic E-state index is 12.3. The number of halogens is 2. The maximum atomic E-state index is 12.3. The van der Waals surface area contributed by atoms with Gasteiger partial charge < -0.3 is 4.74 Å². The van der Waals surface area contributed by atoms with E-state index in [1.165, 1.54) is 13.3 Å². The van der Waals surface area contributed by atoms with Crippen molar-refractivity contribution in [2.45, 2.75) is 6.43 Å². The molecular weight excluding hydrogens is 178 g/mol. The van der Waals surface area contributed by atoms with Crippen LogP contribution >= 0.6 is 0 Å². The highest BCUT2D eigenvalue weighted by Gasteiger charge is 2.15. The molecule has 0 saturated carbocycles. The van der Waals surface area contributed by atoms with Crippen molar-refractivity contribution in [2.24, 2.45) is 0 Å². The number of alkyl halides is 2. The molecule has 1 heterocycles. The molecule has 0 atom stereocenters. The van der Waals surface area contributed by atoms with Gasteiger partial charge in [-0.25, -0.2) is 13.8 Å². The van der Waals surface area contributed by atoms with E-state index in [1.54, 1.807) is 6.07 Å². The molecule has 0 unspecified atom stereocenters. The summed E-state index contributed by atoms with van der Waals surface area (Å²) in [6.07, 6.45) is -1.50. The van der Waals surface area contributed by atoms with Gasteiger partial charge in [-0.05, 0) is 6.07 Å². The summed E-state index contributed by atoms with van der Waals surface area (Å²) in [5, 5.41) is 8.43. The van der Waals surface area contributed by atoms with Crippen molar-refractivity contribution in [1.82, 2.24) is 4.98 Å². The van der Waals surface area contributed by atoms with E-state index in [1.807, 2.05) is 0 Å². The molecule has 0 fully saturated rings. The van der Waals surface area contributed by atoms with Crippen LogP contribution in [0.5, 0.6) is 5.88 Å². The molecule has 1 aromatic heterocycles. The number of ether oxygens (including phenoxy) is 1. The molecule has 0 aromatic carbocycles. The zero-order valence-corrected chi connectivity index (χ0v) is 6.79. The van der Waals surface area contributed by atoms with Crippen molar-refractivity contribution in [3.8, 4) is 11.9 Å². The van der Waals surface area contributed by atoms with Crippen LogP contribution in [-0.4, -0.2) is 12.1 Å². The first-order chi connectivity index (χ1) is 6.19. The Morgan fingerprint density at radius 2 is 2.31 bits per heavy atom. The second kappa shape index (κ2) is 3.81. The molecule has 0 aliphatic heterocycles. The Morgan fingerprint density at radius 3 is 2.77 bits per heavy atom. The third-order valence-electron chi connectivity index (χ3n) is 1.44. The molecule has 3 nitrogen and oxygen atoms in total. The van der Waals surface area contributed by atoms with Crippen molar-refractivity contribution >= 4 is 0 Å². The quantitative estimate of drug-likeness (QED) is 0.705. The third kappa shape index (κ3) is 1.90. The average Bonchev–Trinajstić information content (AvgIpc) is 2.16. The molecule has 0 saturated heterocycles. The molecule has 0 spiro atoms. The van der Waals surface area contributed by atoms with E-state index in [4.69, 9.17) is 5.26 Å². The zero-order chi connectivity index (χ0) is 9.84. The summed E-state index contributed by atoms with van der Waals surface area (Å²) in [6.45, 7) is 0. The molecule has 68 valence electrons. The van der Waals surface area contributed by atoms with Crippen LogP contribution in [0.1, 0.15) is 17.6 Å². The molecule has 13 heavy (non-hydrogen) atoms. The van der Waals surface area contributed by atoms with Crippen LogP contribution < -0.4 is 4.74 Å². The lowest BCUT2D eigenvalue weighted by Crippen LogP contribution is -1.96. The summed E-state index contributed by atoms with van der Waals surface area (Å²) in [7, 11) is 1.25. The Hall–Kier alpha value is -1.70. The summed E-state index contributed by atoms with van der Waals surface area (Å²) < 4.78 is 29.2. The van der Waals surface area contributed by atoms with Gasteiger partial charge in [0.15, 0.2) is 0 Å². The summed E-state index contributed by atoms with van der Waals surface area (Å²) in [5.41, 5.74) is -0.266. The molecule has 0 radical (unpaired) electrons. The predicted molar refractivity (Wildman–Crippen MR) is 40.5 cm³/mol. The van der Waals surface area contributed by atoms with E-state index in [0.717, 1.165) is 6.07 Å². The van der Waals surface area contributed by atoms with Gasteiger partial charge in [0.05, 0.1) is 18.2 Å². The minimum atomic E-state index is -2.68. The van der Waals surface area contributed by atoms with Crippen molar-refractivity contribution < 1.29 is 13.5 Å². The number of aromatic nitrogens is 1. The summed E-state index contributed by atoms with van der Waals surface area (Å²) >= 11 is 0. The number of hydrogen-bond donors (Lipinski definition) is 0. The average molecular weight is 184 g/mol. The Labute approximate surface area is 73.6 Å². The normalized spacial score (nSPS) is 9.77. The lowest BCUT2D eigenvalue weighted by molar-refractivity contribution is 0.146. The monoisotopic (exact) mass is 184 g/mol. The molecule has 0 bridgehead atoms. The van der Waals surface area contributed by atoms with Crippen LogP contribution in [0.15, 0.2) is 12.3 Å². The van der Waals surface area contributed by atoms with Gasteiger partial charge in [0.25, 0.3) is 6.43 Å². The second-order valence-electron chi connectivity index (χ2n) is 2.23. The van der Waals surface area contributed by atoms with E-state index in [9.17, 15) is 8.78 Å². The minimum Gasteiger partial charge on any atom is -0.481 e. The number of hydrogen-bond acceptors (Lipinski definition) is 3. The highest BCUT2D eigenvalue weighted by molar-refractivity contribution is 5.36. The molecular formula is C8H6F2N2O. The van der Waals surface area contributed by atoms with Crippen LogP contribution in [0.25, 0.3) is 0 Å². The Morgan fingerprint density at radius 1 is 1.62 bits per heavy atom. The molecule has 0 aliphatic carbocycles. The van der Waals surface area contributed by atoms with Crippen LogP contribution in [0.3, 0.4) is 0 Å². The lowest BCUT2D eigenvalue weighted by atomic mass is 10.2. The zero-order valence-electron chi connectivity index (χ0n) is 6.79. The van der Waals surface area contributed by atoms with Crippen molar-refractivity contribution in [2.75, 3.05) is 7.11 Å². The lowest BCUT2D eigenvalue weighted by Gasteiger charge is -2.05. The molecule has 0 amide bonds. The van der Waals surface area contributed by atoms with Gasteiger partial charge in [0, 0.05) is 6.20 Å². The minimum absolute atomic E-state index is 0.0936. The third-order valence-corrected chi connectivity index (χ3v) is 1.44. The molecule has 0 aliphatic rings. The predicted octanol–water partition coefficient (Wildman–Crippen LogP) is 1.90. The highest BCUT2D eigenvalue weighted by atomic mass is 19.3. The van der Waals surface area contributed by atoms with Gasteiger partial charge in [-0.1, -0.05) is 0 Å². The Kier molecular flexibility index (Phi) is 2.75. The fraction of sp³-hybridized carbons (Fsp3) is 0.250. The van der Waals surface area contributed by atoms with E-state index >= 15 is 0 Å². The molecule has 1 aromatic rings. The van der Waals surface area contributed by atoms with Crippen LogP contribution in [-0.2, 0) is 0 Å².